The monoisotopic (exact) mass is 243 g/mol. The number of alkyl halides is 1. The Labute approximate surface area is 101 Å². The van der Waals surface area contributed by atoms with E-state index >= 15 is 0 Å². The zero-order chi connectivity index (χ0) is 11.6. The van der Waals surface area contributed by atoms with Crippen molar-refractivity contribution in [3.05, 3.63) is 12.2 Å². The fraction of sp³-hybridized carbons (Fsp3) is 0.818. The first-order valence-electron chi connectivity index (χ1n) is 5.69. The van der Waals surface area contributed by atoms with Crippen LogP contribution < -0.4 is 0 Å². The van der Waals surface area contributed by atoms with Crippen molar-refractivity contribution in [3.63, 3.8) is 0 Å². The lowest BCUT2D eigenvalue weighted by Crippen LogP contribution is -2.28. The van der Waals surface area contributed by atoms with E-state index in [-0.39, 0.29) is 5.41 Å². The largest absolute Gasteiger partial charge is 0.381 e. The lowest BCUT2D eigenvalue weighted by Gasteiger charge is -2.24. The van der Waals surface area contributed by atoms with E-state index in [1.165, 1.54) is 0 Å². The molecule has 4 nitrogen and oxygen atoms in total. The summed E-state index contributed by atoms with van der Waals surface area (Å²) < 4.78 is 7.42. The summed E-state index contributed by atoms with van der Waals surface area (Å²) in [6.07, 6.45) is 3.49. The van der Waals surface area contributed by atoms with Crippen molar-refractivity contribution in [2.24, 2.45) is 5.41 Å². The fourth-order valence-electron chi connectivity index (χ4n) is 2.11. The Balaban J connectivity index is 2.16. The van der Waals surface area contributed by atoms with Crippen molar-refractivity contribution in [3.8, 4) is 0 Å². The topological polar surface area (TPSA) is 39.9 Å². The fourth-order valence-corrected chi connectivity index (χ4v) is 2.41. The smallest absolute Gasteiger partial charge is 0.138 e. The van der Waals surface area contributed by atoms with E-state index in [2.05, 4.69) is 23.9 Å². The Kier molecular flexibility index (Phi) is 3.50. The van der Waals surface area contributed by atoms with Gasteiger partial charge in [0.1, 0.15) is 12.2 Å². The Morgan fingerprint density at radius 2 is 2.44 bits per heavy atom. The average Bonchev–Trinajstić information content (AvgIpc) is 2.88. The molecular formula is C11H18ClN3O. The second-order valence-corrected chi connectivity index (χ2v) is 5.09. The molecule has 0 bridgehead atoms. The van der Waals surface area contributed by atoms with E-state index in [1.54, 1.807) is 6.33 Å². The zero-order valence-corrected chi connectivity index (χ0v) is 10.6. The Morgan fingerprint density at radius 3 is 3.00 bits per heavy atom. The number of rotatable bonds is 4. The molecular weight excluding hydrogens is 226 g/mol. The summed E-state index contributed by atoms with van der Waals surface area (Å²) in [5.74, 6) is 1.64. The van der Waals surface area contributed by atoms with Crippen LogP contribution in [0.3, 0.4) is 0 Å². The van der Waals surface area contributed by atoms with E-state index in [0.717, 1.165) is 31.9 Å². The summed E-state index contributed by atoms with van der Waals surface area (Å²) in [5.41, 5.74) is 0.0568. The molecule has 0 amide bonds. The predicted molar refractivity (Wildman–Crippen MR) is 62.7 cm³/mol. The van der Waals surface area contributed by atoms with Crippen molar-refractivity contribution >= 4 is 11.6 Å². The van der Waals surface area contributed by atoms with Gasteiger partial charge in [-0.1, -0.05) is 0 Å². The van der Waals surface area contributed by atoms with Crippen LogP contribution in [-0.2, 0) is 11.2 Å². The Bertz CT molecular complexity index is 345. The average molecular weight is 244 g/mol. The molecule has 0 saturated carbocycles. The second kappa shape index (κ2) is 4.72. The minimum atomic E-state index is 0.0568. The third kappa shape index (κ3) is 2.23. The zero-order valence-electron chi connectivity index (χ0n) is 9.82. The molecule has 0 aliphatic carbocycles. The molecule has 0 radical (unpaired) electrons. The van der Waals surface area contributed by atoms with E-state index in [0.29, 0.717) is 11.9 Å². The maximum atomic E-state index is 6.08. The van der Waals surface area contributed by atoms with Gasteiger partial charge in [0.05, 0.1) is 6.61 Å². The van der Waals surface area contributed by atoms with Gasteiger partial charge in [0, 0.05) is 30.4 Å². The van der Waals surface area contributed by atoms with E-state index < -0.39 is 0 Å². The second-order valence-electron chi connectivity index (χ2n) is 4.83. The van der Waals surface area contributed by atoms with E-state index in [4.69, 9.17) is 16.3 Å². The molecule has 1 aliphatic heterocycles. The van der Waals surface area contributed by atoms with Crippen LogP contribution in [0.5, 0.6) is 0 Å². The number of aromatic nitrogens is 3. The van der Waals surface area contributed by atoms with E-state index in [9.17, 15) is 0 Å². The maximum Gasteiger partial charge on any atom is 0.138 e. The lowest BCUT2D eigenvalue weighted by molar-refractivity contribution is 0.159. The number of halogens is 1. The molecule has 1 atom stereocenters. The first-order valence-corrected chi connectivity index (χ1v) is 6.22. The molecule has 1 saturated heterocycles. The molecule has 2 heterocycles. The molecule has 1 aromatic rings. The van der Waals surface area contributed by atoms with Crippen LogP contribution >= 0.6 is 11.6 Å². The van der Waals surface area contributed by atoms with Gasteiger partial charge in [-0.2, -0.15) is 5.10 Å². The van der Waals surface area contributed by atoms with Crippen LogP contribution in [0.15, 0.2) is 6.33 Å². The first kappa shape index (κ1) is 11.9. The van der Waals surface area contributed by atoms with Crippen LogP contribution in [0, 0.1) is 5.41 Å². The first-order chi connectivity index (χ1) is 7.67. The number of hydrogen-bond acceptors (Lipinski definition) is 3. The van der Waals surface area contributed by atoms with Gasteiger partial charge in [0.15, 0.2) is 0 Å². The third-order valence-corrected chi connectivity index (χ3v) is 3.70. The van der Waals surface area contributed by atoms with Crippen LogP contribution in [0.2, 0.25) is 0 Å². The Hall–Kier alpha value is -0.610. The normalized spacial score (nSPS) is 25.5. The molecule has 16 heavy (non-hydrogen) atoms. The molecule has 5 heteroatoms. The van der Waals surface area contributed by atoms with Gasteiger partial charge in [-0.3, -0.25) is 0 Å². The highest BCUT2D eigenvalue weighted by molar-refractivity contribution is 6.18. The molecule has 1 unspecified atom stereocenters. The van der Waals surface area contributed by atoms with Gasteiger partial charge in [-0.25, -0.2) is 9.67 Å². The van der Waals surface area contributed by atoms with E-state index in [1.807, 2.05) is 4.68 Å². The molecule has 1 aliphatic rings. The standard InChI is InChI=1S/C11H18ClN3O/c1-9(2)15-10(13-8-14-15)5-11(6-12)3-4-16-7-11/h8-9H,3-7H2,1-2H3. The quantitative estimate of drug-likeness (QED) is 0.760. The minimum absolute atomic E-state index is 0.0568. The van der Waals surface area contributed by atoms with Gasteiger partial charge in [-0.15, -0.1) is 11.6 Å². The van der Waals surface area contributed by atoms with Gasteiger partial charge in [-0.05, 0) is 20.3 Å². The molecule has 2 rings (SSSR count). The van der Waals surface area contributed by atoms with Gasteiger partial charge >= 0.3 is 0 Å². The molecule has 0 spiro atoms. The number of nitrogens with zero attached hydrogens (tertiary/aromatic N) is 3. The van der Waals surface area contributed by atoms with Crippen molar-refractivity contribution in [2.45, 2.75) is 32.7 Å². The third-order valence-electron chi connectivity index (χ3n) is 3.14. The summed E-state index contributed by atoms with van der Waals surface area (Å²) >= 11 is 6.08. The van der Waals surface area contributed by atoms with Gasteiger partial charge in [0.25, 0.3) is 0 Å². The summed E-state index contributed by atoms with van der Waals surface area (Å²) in [5, 5.41) is 4.24. The van der Waals surface area contributed by atoms with Crippen molar-refractivity contribution in [1.82, 2.24) is 14.8 Å². The van der Waals surface area contributed by atoms with Crippen LogP contribution in [0.25, 0.3) is 0 Å². The van der Waals surface area contributed by atoms with Crippen molar-refractivity contribution in [1.29, 1.82) is 0 Å². The Morgan fingerprint density at radius 1 is 1.62 bits per heavy atom. The molecule has 90 valence electrons. The van der Waals surface area contributed by atoms with Crippen molar-refractivity contribution < 1.29 is 4.74 Å². The minimum Gasteiger partial charge on any atom is -0.381 e. The highest BCUT2D eigenvalue weighted by Crippen LogP contribution is 2.33. The van der Waals surface area contributed by atoms with Crippen LogP contribution in [-0.4, -0.2) is 33.9 Å². The molecule has 1 fully saturated rings. The number of ether oxygens (including phenoxy) is 1. The molecule has 0 N–H and O–H groups in total. The lowest BCUT2D eigenvalue weighted by atomic mass is 9.85. The highest BCUT2D eigenvalue weighted by atomic mass is 35.5. The highest BCUT2D eigenvalue weighted by Gasteiger charge is 2.35. The van der Waals surface area contributed by atoms with Gasteiger partial charge < -0.3 is 4.74 Å². The number of hydrogen-bond donors (Lipinski definition) is 0. The molecule has 0 aromatic carbocycles. The predicted octanol–water partition coefficient (Wildman–Crippen LogP) is 2.05. The summed E-state index contributed by atoms with van der Waals surface area (Å²) in [4.78, 5) is 4.33. The summed E-state index contributed by atoms with van der Waals surface area (Å²) in [6.45, 7) is 5.76. The summed E-state index contributed by atoms with van der Waals surface area (Å²) in [7, 11) is 0. The van der Waals surface area contributed by atoms with Crippen molar-refractivity contribution in [2.75, 3.05) is 19.1 Å². The van der Waals surface area contributed by atoms with Crippen LogP contribution in [0.4, 0.5) is 0 Å². The SMILES string of the molecule is CC(C)n1ncnc1CC1(CCl)CCOC1. The summed E-state index contributed by atoms with van der Waals surface area (Å²) in [6, 6.07) is 0.340. The molecule has 1 aromatic heterocycles. The maximum absolute atomic E-state index is 6.08. The van der Waals surface area contributed by atoms with Crippen LogP contribution in [0.1, 0.15) is 32.1 Å². The van der Waals surface area contributed by atoms with Gasteiger partial charge in [0.2, 0.25) is 0 Å².